The predicted octanol–water partition coefficient (Wildman–Crippen LogP) is 1.86. The fourth-order valence-corrected chi connectivity index (χ4v) is 2.19. The lowest BCUT2D eigenvalue weighted by atomic mass is 10.2. The summed E-state index contributed by atoms with van der Waals surface area (Å²) >= 11 is 5.93. The van der Waals surface area contributed by atoms with Crippen molar-refractivity contribution in [1.29, 1.82) is 0 Å². The minimum absolute atomic E-state index is 0.249. The van der Waals surface area contributed by atoms with Gasteiger partial charge in [-0.05, 0) is 44.2 Å². The van der Waals surface area contributed by atoms with Crippen LogP contribution in [0.5, 0.6) is 0 Å². The van der Waals surface area contributed by atoms with E-state index in [1.807, 2.05) is 0 Å². The van der Waals surface area contributed by atoms with Gasteiger partial charge in [0, 0.05) is 5.02 Å². The first-order valence-corrected chi connectivity index (χ1v) is 5.95. The highest BCUT2D eigenvalue weighted by Crippen LogP contribution is 2.23. The molecule has 0 fully saturated rings. The summed E-state index contributed by atoms with van der Waals surface area (Å²) in [6.45, 7) is 3.56. The molecule has 0 radical (unpaired) electrons. The van der Waals surface area contributed by atoms with E-state index < -0.39 is 10.0 Å². The van der Waals surface area contributed by atoms with Crippen LogP contribution in [0, 0.1) is 13.8 Å². The minimum atomic E-state index is -3.37. The molecular weight excluding hydrogens is 222 g/mol. The molecule has 1 N–H and O–H groups in total. The summed E-state index contributed by atoms with van der Waals surface area (Å²) in [5, 5.41) is 0.611. The number of nitrogens with one attached hydrogen (secondary N) is 1. The summed E-state index contributed by atoms with van der Waals surface area (Å²) < 4.78 is 25.2. The van der Waals surface area contributed by atoms with Gasteiger partial charge in [0.15, 0.2) is 0 Å². The quantitative estimate of drug-likeness (QED) is 0.848. The van der Waals surface area contributed by atoms with Crippen LogP contribution in [0.15, 0.2) is 17.0 Å². The van der Waals surface area contributed by atoms with Crippen molar-refractivity contribution in [2.75, 3.05) is 7.05 Å². The van der Waals surface area contributed by atoms with Crippen LogP contribution >= 0.6 is 11.6 Å². The molecule has 0 saturated heterocycles. The molecule has 0 aromatic heterocycles. The molecule has 0 amide bonds. The van der Waals surface area contributed by atoms with E-state index in [0.717, 1.165) is 11.1 Å². The van der Waals surface area contributed by atoms with Gasteiger partial charge in [0.25, 0.3) is 0 Å². The Hall–Kier alpha value is -0.580. The van der Waals surface area contributed by atoms with E-state index in [4.69, 9.17) is 11.6 Å². The fourth-order valence-electron chi connectivity index (χ4n) is 1.18. The van der Waals surface area contributed by atoms with Gasteiger partial charge < -0.3 is 0 Å². The second kappa shape index (κ2) is 3.88. The van der Waals surface area contributed by atoms with Crippen molar-refractivity contribution in [2.45, 2.75) is 18.7 Å². The van der Waals surface area contributed by atoms with E-state index in [0.29, 0.717) is 5.02 Å². The van der Waals surface area contributed by atoms with Crippen LogP contribution in [-0.4, -0.2) is 15.5 Å². The molecule has 0 heterocycles. The molecule has 3 nitrogen and oxygen atoms in total. The molecule has 0 atom stereocenters. The van der Waals surface area contributed by atoms with Crippen molar-refractivity contribution in [3.63, 3.8) is 0 Å². The Balaban J connectivity index is 3.41. The van der Waals surface area contributed by atoms with Gasteiger partial charge in [-0.25, -0.2) is 13.1 Å². The number of benzene rings is 1. The van der Waals surface area contributed by atoms with Crippen molar-refractivity contribution in [3.8, 4) is 0 Å². The van der Waals surface area contributed by atoms with Gasteiger partial charge in [-0.3, -0.25) is 0 Å². The number of hydrogen-bond acceptors (Lipinski definition) is 2. The summed E-state index contributed by atoms with van der Waals surface area (Å²) in [6.07, 6.45) is 0. The molecular formula is C9H12ClNO2S. The number of sulfonamides is 1. The van der Waals surface area contributed by atoms with Gasteiger partial charge in [-0.1, -0.05) is 11.6 Å². The molecule has 0 aliphatic rings. The van der Waals surface area contributed by atoms with E-state index >= 15 is 0 Å². The average molecular weight is 234 g/mol. The Labute approximate surface area is 89.1 Å². The van der Waals surface area contributed by atoms with E-state index in [1.54, 1.807) is 26.0 Å². The largest absolute Gasteiger partial charge is 0.240 e. The van der Waals surface area contributed by atoms with Gasteiger partial charge in [0.1, 0.15) is 0 Å². The molecule has 1 aromatic rings. The zero-order valence-corrected chi connectivity index (χ0v) is 9.83. The maximum atomic E-state index is 11.5. The molecule has 1 rings (SSSR count). The van der Waals surface area contributed by atoms with Gasteiger partial charge in [0.05, 0.1) is 4.90 Å². The molecule has 5 heteroatoms. The summed E-state index contributed by atoms with van der Waals surface area (Å²) in [7, 11) is -1.99. The standard InChI is InChI=1S/C9H12ClNO2S/c1-6-4-8(14(12,13)11-3)5-7(2)9(6)10/h4-5,11H,1-3H3. The summed E-state index contributed by atoms with van der Waals surface area (Å²) in [5.74, 6) is 0. The van der Waals surface area contributed by atoms with Crippen LogP contribution in [-0.2, 0) is 10.0 Å². The zero-order valence-electron chi connectivity index (χ0n) is 8.26. The van der Waals surface area contributed by atoms with Crippen molar-refractivity contribution in [2.24, 2.45) is 0 Å². The van der Waals surface area contributed by atoms with E-state index in [1.165, 1.54) is 7.05 Å². The highest BCUT2D eigenvalue weighted by Gasteiger charge is 2.13. The Bertz CT molecular complexity index is 431. The first kappa shape index (κ1) is 11.5. The van der Waals surface area contributed by atoms with Gasteiger partial charge in [-0.2, -0.15) is 0 Å². The summed E-state index contributed by atoms with van der Waals surface area (Å²) in [6, 6.07) is 3.11. The summed E-state index contributed by atoms with van der Waals surface area (Å²) in [4.78, 5) is 0.249. The van der Waals surface area contributed by atoms with Crippen LogP contribution in [0.1, 0.15) is 11.1 Å². The molecule has 0 aliphatic heterocycles. The minimum Gasteiger partial charge on any atom is -0.214 e. The normalized spacial score (nSPS) is 11.7. The van der Waals surface area contributed by atoms with Crippen LogP contribution in [0.2, 0.25) is 5.02 Å². The highest BCUT2D eigenvalue weighted by atomic mass is 35.5. The van der Waals surface area contributed by atoms with Crippen LogP contribution in [0.3, 0.4) is 0 Å². The van der Waals surface area contributed by atoms with Gasteiger partial charge in [-0.15, -0.1) is 0 Å². The maximum Gasteiger partial charge on any atom is 0.240 e. The molecule has 0 bridgehead atoms. The number of rotatable bonds is 2. The number of aryl methyl sites for hydroxylation is 2. The molecule has 1 aromatic carbocycles. The average Bonchev–Trinajstić information content (AvgIpc) is 2.13. The van der Waals surface area contributed by atoms with Gasteiger partial charge in [0.2, 0.25) is 10.0 Å². The molecule has 0 unspecified atom stereocenters. The van der Waals surface area contributed by atoms with Crippen LogP contribution in [0.25, 0.3) is 0 Å². The second-order valence-corrected chi connectivity index (χ2v) is 5.34. The monoisotopic (exact) mass is 233 g/mol. The van der Waals surface area contributed by atoms with Gasteiger partial charge >= 0.3 is 0 Å². The lowest BCUT2D eigenvalue weighted by Gasteiger charge is -2.07. The molecule has 0 saturated carbocycles. The predicted molar refractivity (Wildman–Crippen MR) is 57.2 cm³/mol. The van der Waals surface area contributed by atoms with Crippen LogP contribution in [0.4, 0.5) is 0 Å². The zero-order chi connectivity index (χ0) is 10.9. The lowest BCUT2D eigenvalue weighted by Crippen LogP contribution is -2.18. The smallest absolute Gasteiger partial charge is 0.214 e. The summed E-state index contributed by atoms with van der Waals surface area (Å²) in [5.41, 5.74) is 1.53. The molecule has 14 heavy (non-hydrogen) atoms. The first-order chi connectivity index (χ1) is 6.38. The van der Waals surface area contributed by atoms with Crippen molar-refractivity contribution in [1.82, 2.24) is 4.72 Å². The third kappa shape index (κ3) is 2.08. The Kier molecular flexibility index (Phi) is 3.19. The number of hydrogen-bond donors (Lipinski definition) is 1. The van der Waals surface area contributed by atoms with Crippen molar-refractivity contribution < 1.29 is 8.42 Å². The SMILES string of the molecule is CNS(=O)(=O)c1cc(C)c(Cl)c(C)c1. The van der Waals surface area contributed by atoms with E-state index in [9.17, 15) is 8.42 Å². The van der Waals surface area contributed by atoms with Crippen molar-refractivity contribution >= 4 is 21.6 Å². The van der Waals surface area contributed by atoms with Crippen LogP contribution < -0.4 is 4.72 Å². The first-order valence-electron chi connectivity index (χ1n) is 4.09. The molecule has 0 aliphatic carbocycles. The fraction of sp³-hybridized carbons (Fsp3) is 0.333. The topological polar surface area (TPSA) is 46.2 Å². The molecule has 78 valence electrons. The Morgan fingerprint density at radius 1 is 1.21 bits per heavy atom. The third-order valence-electron chi connectivity index (χ3n) is 1.99. The molecule has 0 spiro atoms. The maximum absolute atomic E-state index is 11.5. The van der Waals surface area contributed by atoms with E-state index in [2.05, 4.69) is 4.72 Å². The Morgan fingerprint density at radius 3 is 2.00 bits per heavy atom. The Morgan fingerprint density at radius 2 is 1.64 bits per heavy atom. The third-order valence-corrected chi connectivity index (χ3v) is 3.98. The van der Waals surface area contributed by atoms with E-state index in [-0.39, 0.29) is 4.90 Å². The van der Waals surface area contributed by atoms with Crippen molar-refractivity contribution in [3.05, 3.63) is 28.3 Å². The highest BCUT2D eigenvalue weighted by molar-refractivity contribution is 7.89. The second-order valence-electron chi connectivity index (χ2n) is 3.08. The lowest BCUT2D eigenvalue weighted by molar-refractivity contribution is 0.588. The number of halogens is 1.